The minimum Gasteiger partial charge on any atom is -0.494 e. The molecule has 1 aromatic carbocycles. The van der Waals surface area contributed by atoms with E-state index in [-0.39, 0.29) is 11.3 Å². The third-order valence-corrected chi connectivity index (χ3v) is 3.40. The van der Waals surface area contributed by atoms with E-state index in [9.17, 15) is 9.50 Å². The van der Waals surface area contributed by atoms with E-state index in [1.54, 1.807) is 6.07 Å². The van der Waals surface area contributed by atoms with Crippen molar-refractivity contribution in [1.29, 1.82) is 0 Å². The summed E-state index contributed by atoms with van der Waals surface area (Å²) in [5.74, 6) is -0.502. The van der Waals surface area contributed by atoms with Gasteiger partial charge in [-0.25, -0.2) is 9.37 Å². The molecule has 0 radical (unpaired) electrons. The normalized spacial score (nSPS) is 12.5. The molecule has 0 spiro atoms. The van der Waals surface area contributed by atoms with Crippen molar-refractivity contribution in [2.75, 3.05) is 7.11 Å². The molecule has 2 aromatic rings. The molecule has 2 rings (SSSR count). The molecule has 1 atom stereocenters. The number of aromatic nitrogens is 1. The Labute approximate surface area is 106 Å². The molecule has 1 aromatic heterocycles. The standard InChI is InChI=1S/C11H9ClFNO2S/c1-16-7-4-2-3-6(9(7)13)10(15)11-14-5-8(12)17-11/h2-5,10,15H,1H3. The average Bonchev–Trinajstić information content (AvgIpc) is 2.75. The first kappa shape index (κ1) is 12.3. The lowest BCUT2D eigenvalue weighted by Gasteiger charge is -2.11. The number of thiazole rings is 1. The molecule has 6 heteroatoms. The van der Waals surface area contributed by atoms with Crippen molar-refractivity contribution < 1.29 is 14.2 Å². The van der Waals surface area contributed by atoms with Gasteiger partial charge in [0, 0.05) is 5.56 Å². The minimum absolute atomic E-state index is 0.0872. The predicted octanol–water partition coefficient (Wildman–Crippen LogP) is 3.03. The van der Waals surface area contributed by atoms with Gasteiger partial charge < -0.3 is 9.84 Å². The SMILES string of the molecule is COc1cccc(C(O)c2ncc(Cl)s2)c1F. The van der Waals surface area contributed by atoms with Crippen LogP contribution < -0.4 is 4.74 Å². The highest BCUT2D eigenvalue weighted by Crippen LogP contribution is 2.32. The number of hydrogen-bond acceptors (Lipinski definition) is 4. The Morgan fingerprint density at radius 2 is 2.29 bits per heavy atom. The maximum atomic E-state index is 13.9. The van der Waals surface area contributed by atoms with E-state index >= 15 is 0 Å². The zero-order chi connectivity index (χ0) is 12.4. The number of rotatable bonds is 3. The Morgan fingerprint density at radius 1 is 1.53 bits per heavy atom. The Bertz CT molecular complexity index is 532. The monoisotopic (exact) mass is 273 g/mol. The van der Waals surface area contributed by atoms with Gasteiger partial charge in [0.05, 0.1) is 13.3 Å². The maximum absolute atomic E-state index is 13.9. The van der Waals surface area contributed by atoms with Crippen molar-refractivity contribution in [1.82, 2.24) is 4.98 Å². The summed E-state index contributed by atoms with van der Waals surface area (Å²) in [5.41, 5.74) is 0.121. The van der Waals surface area contributed by atoms with E-state index < -0.39 is 11.9 Å². The summed E-state index contributed by atoms with van der Waals surface area (Å²) in [6.45, 7) is 0. The number of benzene rings is 1. The Balaban J connectivity index is 2.40. The average molecular weight is 274 g/mol. The van der Waals surface area contributed by atoms with Gasteiger partial charge in [-0.15, -0.1) is 11.3 Å². The van der Waals surface area contributed by atoms with E-state index in [4.69, 9.17) is 16.3 Å². The molecular weight excluding hydrogens is 265 g/mol. The topological polar surface area (TPSA) is 42.4 Å². The molecule has 3 nitrogen and oxygen atoms in total. The van der Waals surface area contributed by atoms with E-state index in [0.717, 1.165) is 11.3 Å². The van der Waals surface area contributed by atoms with Crippen LogP contribution in [0.15, 0.2) is 24.4 Å². The van der Waals surface area contributed by atoms with E-state index in [1.165, 1.54) is 25.4 Å². The van der Waals surface area contributed by atoms with Crippen molar-refractivity contribution in [2.45, 2.75) is 6.10 Å². The number of hydrogen-bond donors (Lipinski definition) is 1. The molecule has 0 aliphatic heterocycles. The van der Waals surface area contributed by atoms with Crippen molar-refractivity contribution in [2.24, 2.45) is 0 Å². The fraction of sp³-hybridized carbons (Fsp3) is 0.182. The molecule has 1 unspecified atom stereocenters. The molecule has 0 amide bonds. The molecule has 0 saturated carbocycles. The lowest BCUT2D eigenvalue weighted by molar-refractivity contribution is 0.213. The Morgan fingerprint density at radius 3 is 2.88 bits per heavy atom. The van der Waals surface area contributed by atoms with Gasteiger partial charge in [0.25, 0.3) is 0 Å². The number of methoxy groups -OCH3 is 1. The molecule has 90 valence electrons. The number of nitrogens with zero attached hydrogens (tertiary/aromatic N) is 1. The van der Waals surface area contributed by atoms with Gasteiger partial charge >= 0.3 is 0 Å². The first-order chi connectivity index (χ1) is 8.13. The first-order valence-corrected chi connectivity index (χ1v) is 5.94. The summed E-state index contributed by atoms with van der Waals surface area (Å²) >= 11 is 6.83. The Kier molecular flexibility index (Phi) is 3.61. The van der Waals surface area contributed by atoms with Gasteiger partial charge in [0.1, 0.15) is 15.4 Å². The molecule has 1 heterocycles. The van der Waals surface area contributed by atoms with Crippen LogP contribution >= 0.6 is 22.9 Å². The lowest BCUT2D eigenvalue weighted by Crippen LogP contribution is -2.03. The highest BCUT2D eigenvalue weighted by Gasteiger charge is 2.20. The van der Waals surface area contributed by atoms with Crippen molar-refractivity contribution in [3.05, 3.63) is 45.1 Å². The highest BCUT2D eigenvalue weighted by atomic mass is 35.5. The fourth-order valence-corrected chi connectivity index (χ4v) is 2.36. The summed E-state index contributed by atoms with van der Waals surface area (Å²) in [4.78, 5) is 3.92. The quantitative estimate of drug-likeness (QED) is 0.935. The van der Waals surface area contributed by atoms with Crippen molar-refractivity contribution in [3.63, 3.8) is 0 Å². The maximum Gasteiger partial charge on any atom is 0.171 e. The van der Waals surface area contributed by atoms with Crippen LogP contribution in [0.5, 0.6) is 5.75 Å². The molecule has 17 heavy (non-hydrogen) atoms. The largest absolute Gasteiger partial charge is 0.494 e. The van der Waals surface area contributed by atoms with Crippen LogP contribution in [-0.4, -0.2) is 17.2 Å². The van der Waals surface area contributed by atoms with Gasteiger partial charge in [-0.3, -0.25) is 0 Å². The second-order valence-corrected chi connectivity index (χ2v) is 4.96. The number of ether oxygens (including phenoxy) is 1. The predicted molar refractivity (Wildman–Crippen MR) is 64.1 cm³/mol. The first-order valence-electron chi connectivity index (χ1n) is 4.75. The molecule has 0 bridgehead atoms. The fourth-order valence-electron chi connectivity index (χ4n) is 1.42. The molecule has 1 N–H and O–H groups in total. The molecule has 0 aliphatic rings. The van der Waals surface area contributed by atoms with Gasteiger partial charge in [0.2, 0.25) is 0 Å². The van der Waals surface area contributed by atoms with Gasteiger partial charge in [0.15, 0.2) is 11.6 Å². The highest BCUT2D eigenvalue weighted by molar-refractivity contribution is 7.15. The third kappa shape index (κ3) is 2.41. The summed E-state index contributed by atoms with van der Waals surface area (Å²) in [6, 6.07) is 4.58. The van der Waals surface area contributed by atoms with Crippen LogP contribution in [0, 0.1) is 5.82 Å². The van der Waals surface area contributed by atoms with Gasteiger partial charge in [-0.2, -0.15) is 0 Å². The summed E-state index contributed by atoms with van der Waals surface area (Å²) < 4.78 is 19.2. The molecule has 0 fully saturated rings. The third-order valence-electron chi connectivity index (χ3n) is 2.24. The molecule has 0 aliphatic carbocycles. The van der Waals surface area contributed by atoms with Crippen LogP contribution in [0.2, 0.25) is 4.34 Å². The van der Waals surface area contributed by atoms with Crippen LogP contribution in [-0.2, 0) is 0 Å². The second-order valence-electron chi connectivity index (χ2n) is 3.27. The smallest absolute Gasteiger partial charge is 0.171 e. The zero-order valence-electron chi connectivity index (χ0n) is 8.85. The van der Waals surface area contributed by atoms with Crippen molar-refractivity contribution >= 4 is 22.9 Å². The molecular formula is C11H9ClFNO2S. The van der Waals surface area contributed by atoms with E-state index in [1.807, 2.05) is 0 Å². The van der Waals surface area contributed by atoms with E-state index in [2.05, 4.69) is 4.98 Å². The van der Waals surface area contributed by atoms with Crippen LogP contribution in [0.25, 0.3) is 0 Å². The lowest BCUT2D eigenvalue weighted by atomic mass is 10.1. The van der Waals surface area contributed by atoms with Gasteiger partial charge in [-0.1, -0.05) is 23.7 Å². The minimum atomic E-state index is -1.14. The van der Waals surface area contributed by atoms with E-state index in [0.29, 0.717) is 9.34 Å². The summed E-state index contributed by atoms with van der Waals surface area (Å²) in [5, 5.41) is 10.3. The Hall–Kier alpha value is -1.17. The second kappa shape index (κ2) is 5.00. The zero-order valence-corrected chi connectivity index (χ0v) is 10.4. The van der Waals surface area contributed by atoms with Crippen LogP contribution in [0.4, 0.5) is 4.39 Å². The summed E-state index contributed by atoms with van der Waals surface area (Å²) in [6.07, 6.45) is 0.283. The van der Waals surface area contributed by atoms with Crippen LogP contribution in [0.3, 0.4) is 0 Å². The number of aliphatic hydroxyl groups is 1. The number of aliphatic hydroxyl groups excluding tert-OH is 1. The summed E-state index contributed by atoms with van der Waals surface area (Å²) in [7, 11) is 1.37. The van der Waals surface area contributed by atoms with Crippen molar-refractivity contribution in [3.8, 4) is 5.75 Å². The number of halogens is 2. The van der Waals surface area contributed by atoms with Crippen LogP contribution in [0.1, 0.15) is 16.7 Å². The molecule has 0 saturated heterocycles. The van der Waals surface area contributed by atoms with Gasteiger partial charge in [-0.05, 0) is 6.07 Å².